The molecule has 1 aliphatic rings. The molecule has 1 fully saturated rings. The van der Waals surface area contributed by atoms with E-state index in [9.17, 15) is 14.7 Å². The number of aryl methyl sites for hydroxylation is 1. The van der Waals surface area contributed by atoms with Crippen molar-refractivity contribution >= 4 is 17.4 Å². The van der Waals surface area contributed by atoms with Gasteiger partial charge in [0.05, 0.1) is 18.2 Å². The highest BCUT2D eigenvalue weighted by atomic mass is 16.5. The number of nitrogens with zero attached hydrogens (tertiary/aromatic N) is 2. The number of carbonyl (C=O) groups excluding carboxylic acids is 2. The van der Waals surface area contributed by atoms with Crippen LogP contribution in [0.4, 0.5) is 0 Å². The number of unbranched alkanes of at least 4 members (excludes halogenated alkanes) is 1. The molecule has 1 amide bonds. The molecule has 0 saturated carbocycles. The standard InChI is InChI=1S/C31H42N2O4/c1-8-9-19-37-25-16-13-23(20-21(25)2)28(34)26-27(22-11-14-24(15-12-22)31(3,4)5)33(30(36)29(26)35)18-10-17-32(6)7/h11-16,20,27,34H,8-10,17-19H2,1-7H3/b28-26+/t27-/m1/s1. The first-order chi connectivity index (χ1) is 17.5. The molecule has 1 atom stereocenters. The summed E-state index contributed by atoms with van der Waals surface area (Å²) in [4.78, 5) is 30.2. The van der Waals surface area contributed by atoms with E-state index < -0.39 is 17.7 Å². The fourth-order valence-electron chi connectivity index (χ4n) is 4.62. The maximum atomic E-state index is 13.3. The molecule has 0 aliphatic carbocycles. The van der Waals surface area contributed by atoms with Gasteiger partial charge in [0, 0.05) is 12.1 Å². The lowest BCUT2D eigenvalue weighted by atomic mass is 9.85. The van der Waals surface area contributed by atoms with Crippen molar-refractivity contribution in [1.82, 2.24) is 9.80 Å². The molecule has 6 heteroatoms. The van der Waals surface area contributed by atoms with Gasteiger partial charge in [0.25, 0.3) is 11.7 Å². The highest BCUT2D eigenvalue weighted by molar-refractivity contribution is 6.46. The third kappa shape index (κ3) is 6.61. The van der Waals surface area contributed by atoms with Crippen LogP contribution in [0, 0.1) is 6.92 Å². The molecule has 1 saturated heterocycles. The minimum atomic E-state index is -0.645. The summed E-state index contributed by atoms with van der Waals surface area (Å²) < 4.78 is 5.85. The molecule has 2 aromatic rings. The van der Waals surface area contributed by atoms with Crippen LogP contribution in [0.5, 0.6) is 5.75 Å². The van der Waals surface area contributed by atoms with Crippen LogP contribution in [-0.2, 0) is 15.0 Å². The predicted molar refractivity (Wildman–Crippen MR) is 149 cm³/mol. The van der Waals surface area contributed by atoms with Gasteiger partial charge in [-0.05, 0) is 80.7 Å². The van der Waals surface area contributed by atoms with E-state index in [1.165, 1.54) is 0 Å². The summed E-state index contributed by atoms with van der Waals surface area (Å²) in [7, 11) is 3.96. The van der Waals surface area contributed by atoms with Crippen LogP contribution < -0.4 is 4.74 Å². The number of Topliss-reactive ketones (excluding diaryl/α,β-unsaturated/α-hetero) is 1. The summed E-state index contributed by atoms with van der Waals surface area (Å²) in [5.74, 6) is -0.611. The first-order valence-electron chi connectivity index (χ1n) is 13.2. The molecule has 37 heavy (non-hydrogen) atoms. The molecule has 0 unspecified atom stereocenters. The molecule has 2 aromatic carbocycles. The predicted octanol–water partition coefficient (Wildman–Crippen LogP) is 5.84. The lowest BCUT2D eigenvalue weighted by molar-refractivity contribution is -0.139. The van der Waals surface area contributed by atoms with Gasteiger partial charge in [-0.15, -0.1) is 0 Å². The van der Waals surface area contributed by atoms with Crippen LogP contribution in [0.15, 0.2) is 48.0 Å². The minimum Gasteiger partial charge on any atom is -0.507 e. The van der Waals surface area contributed by atoms with Crippen LogP contribution >= 0.6 is 0 Å². The van der Waals surface area contributed by atoms with Gasteiger partial charge in [-0.1, -0.05) is 58.4 Å². The van der Waals surface area contributed by atoms with E-state index in [-0.39, 0.29) is 16.7 Å². The molecule has 3 rings (SSSR count). The Bertz CT molecular complexity index is 1140. The van der Waals surface area contributed by atoms with E-state index in [0.29, 0.717) is 18.7 Å². The number of aliphatic hydroxyl groups is 1. The van der Waals surface area contributed by atoms with Gasteiger partial charge in [-0.3, -0.25) is 9.59 Å². The SMILES string of the molecule is CCCCOc1ccc(/C(O)=C2\C(=O)C(=O)N(CCCN(C)C)[C@@H]2c2ccc(C(C)(C)C)cc2)cc1C. The number of likely N-dealkylation sites (tertiary alicyclic amines) is 1. The maximum absolute atomic E-state index is 13.3. The molecular weight excluding hydrogens is 464 g/mol. The lowest BCUT2D eigenvalue weighted by Gasteiger charge is -2.27. The Morgan fingerprint density at radius 2 is 1.73 bits per heavy atom. The Morgan fingerprint density at radius 3 is 2.30 bits per heavy atom. The fraction of sp³-hybridized carbons (Fsp3) is 0.484. The monoisotopic (exact) mass is 506 g/mol. The molecule has 0 spiro atoms. The Balaban J connectivity index is 2.05. The van der Waals surface area contributed by atoms with Crippen molar-refractivity contribution in [3.63, 3.8) is 0 Å². The number of rotatable bonds is 10. The molecule has 0 bridgehead atoms. The zero-order valence-corrected chi connectivity index (χ0v) is 23.4. The largest absolute Gasteiger partial charge is 0.507 e. The third-order valence-electron chi connectivity index (χ3n) is 6.84. The van der Waals surface area contributed by atoms with Crippen molar-refractivity contribution in [1.29, 1.82) is 0 Å². The summed E-state index contributed by atoms with van der Waals surface area (Å²) in [5, 5.41) is 11.4. The summed E-state index contributed by atoms with van der Waals surface area (Å²) in [6.07, 6.45) is 2.73. The Morgan fingerprint density at radius 1 is 1.05 bits per heavy atom. The van der Waals surface area contributed by atoms with E-state index in [1.54, 1.807) is 11.0 Å². The van der Waals surface area contributed by atoms with E-state index in [2.05, 4.69) is 32.6 Å². The average Bonchev–Trinajstić information content (AvgIpc) is 3.09. The van der Waals surface area contributed by atoms with Crippen molar-refractivity contribution in [2.75, 3.05) is 33.8 Å². The van der Waals surface area contributed by atoms with Gasteiger partial charge in [0.1, 0.15) is 11.5 Å². The fourth-order valence-corrected chi connectivity index (χ4v) is 4.62. The molecule has 0 radical (unpaired) electrons. The van der Waals surface area contributed by atoms with E-state index in [1.807, 2.05) is 57.4 Å². The topological polar surface area (TPSA) is 70.1 Å². The zero-order valence-electron chi connectivity index (χ0n) is 23.4. The van der Waals surface area contributed by atoms with Crippen LogP contribution in [0.3, 0.4) is 0 Å². The summed E-state index contributed by atoms with van der Waals surface area (Å²) in [5.41, 5.74) is 3.46. The van der Waals surface area contributed by atoms with Crippen molar-refractivity contribution in [2.45, 2.75) is 65.3 Å². The summed E-state index contributed by atoms with van der Waals surface area (Å²) in [6.45, 7) is 12.3. The number of aliphatic hydroxyl groups excluding tert-OH is 1. The van der Waals surface area contributed by atoms with Gasteiger partial charge in [0.15, 0.2) is 0 Å². The average molecular weight is 507 g/mol. The van der Waals surface area contributed by atoms with Crippen molar-refractivity contribution < 1.29 is 19.4 Å². The highest BCUT2D eigenvalue weighted by Crippen LogP contribution is 2.40. The molecule has 1 N–H and O–H groups in total. The normalized spacial score (nSPS) is 17.6. The molecule has 200 valence electrons. The van der Waals surface area contributed by atoms with E-state index in [0.717, 1.165) is 48.2 Å². The first kappa shape index (κ1) is 28.5. The van der Waals surface area contributed by atoms with E-state index >= 15 is 0 Å². The maximum Gasteiger partial charge on any atom is 0.295 e. The molecule has 1 aliphatic heterocycles. The number of carbonyl (C=O) groups is 2. The molecule has 6 nitrogen and oxygen atoms in total. The Hall–Kier alpha value is -3.12. The minimum absolute atomic E-state index is 0.0233. The molecular formula is C31H42N2O4. The zero-order chi connectivity index (χ0) is 27.3. The van der Waals surface area contributed by atoms with Gasteiger partial charge >= 0.3 is 0 Å². The lowest BCUT2D eigenvalue weighted by Crippen LogP contribution is -2.32. The number of hydrogen-bond acceptors (Lipinski definition) is 5. The van der Waals surface area contributed by atoms with Gasteiger partial charge < -0.3 is 19.6 Å². The first-order valence-corrected chi connectivity index (χ1v) is 13.2. The highest BCUT2D eigenvalue weighted by Gasteiger charge is 2.45. The molecule has 0 aromatic heterocycles. The molecule has 1 heterocycles. The number of benzene rings is 2. The smallest absolute Gasteiger partial charge is 0.295 e. The second-order valence-corrected chi connectivity index (χ2v) is 11.2. The van der Waals surface area contributed by atoms with Gasteiger partial charge in [0.2, 0.25) is 0 Å². The van der Waals surface area contributed by atoms with Crippen molar-refractivity contribution in [3.8, 4) is 5.75 Å². The van der Waals surface area contributed by atoms with E-state index in [4.69, 9.17) is 4.74 Å². The van der Waals surface area contributed by atoms with Crippen molar-refractivity contribution in [2.24, 2.45) is 0 Å². The summed E-state index contributed by atoms with van der Waals surface area (Å²) in [6, 6.07) is 12.8. The van der Waals surface area contributed by atoms with Crippen molar-refractivity contribution in [3.05, 3.63) is 70.3 Å². The van der Waals surface area contributed by atoms with Crippen LogP contribution in [0.25, 0.3) is 5.76 Å². The Labute approximate surface area is 221 Å². The number of ether oxygens (including phenoxy) is 1. The number of amides is 1. The second-order valence-electron chi connectivity index (χ2n) is 11.2. The van der Waals surface area contributed by atoms with Crippen LogP contribution in [-0.4, -0.2) is 60.4 Å². The quantitative estimate of drug-likeness (QED) is 0.190. The Kier molecular flexibility index (Phi) is 9.19. The third-order valence-corrected chi connectivity index (χ3v) is 6.84. The van der Waals surface area contributed by atoms with Crippen LogP contribution in [0.1, 0.15) is 75.3 Å². The van der Waals surface area contributed by atoms with Crippen LogP contribution in [0.2, 0.25) is 0 Å². The van der Waals surface area contributed by atoms with Gasteiger partial charge in [-0.25, -0.2) is 0 Å². The second kappa shape index (κ2) is 12.0. The summed E-state index contributed by atoms with van der Waals surface area (Å²) >= 11 is 0. The van der Waals surface area contributed by atoms with Gasteiger partial charge in [-0.2, -0.15) is 0 Å². The number of ketones is 1. The number of hydrogen-bond donors (Lipinski definition) is 1.